The Morgan fingerprint density at radius 3 is 2.29 bits per heavy atom. The van der Waals surface area contributed by atoms with Gasteiger partial charge in [0.05, 0.1) is 12.0 Å². The Morgan fingerprint density at radius 1 is 1.43 bits per heavy atom. The number of hydrogen-bond donors (Lipinski definition) is 2. The largest absolute Gasteiger partial charge is 0.393 e. The van der Waals surface area contributed by atoms with Crippen LogP contribution in [0.5, 0.6) is 0 Å². The van der Waals surface area contributed by atoms with Crippen LogP contribution < -0.4 is 5.73 Å². The molecule has 0 spiro atoms. The van der Waals surface area contributed by atoms with E-state index in [2.05, 4.69) is 0 Å². The molecule has 0 radical (unpaired) electrons. The van der Waals surface area contributed by atoms with Crippen molar-refractivity contribution in [2.75, 3.05) is 13.6 Å². The number of carbonyl (C=O) groups excluding carboxylic acids is 1. The van der Waals surface area contributed by atoms with Crippen molar-refractivity contribution in [3.8, 4) is 0 Å². The van der Waals surface area contributed by atoms with Gasteiger partial charge in [-0.1, -0.05) is 6.92 Å². The zero-order chi connectivity index (χ0) is 11.3. The average Bonchev–Trinajstić information content (AvgIpc) is 2.11. The molecular formula is C10H22N2O2. The normalized spacial score (nSPS) is 17.3. The molecule has 0 heterocycles. The lowest BCUT2D eigenvalue weighted by Gasteiger charge is -2.23. The van der Waals surface area contributed by atoms with E-state index in [0.29, 0.717) is 13.0 Å². The van der Waals surface area contributed by atoms with E-state index >= 15 is 0 Å². The van der Waals surface area contributed by atoms with Crippen molar-refractivity contribution in [3.05, 3.63) is 0 Å². The number of rotatable bonds is 5. The smallest absolute Gasteiger partial charge is 0.226 e. The molecular weight excluding hydrogens is 180 g/mol. The molecule has 84 valence electrons. The Labute approximate surface area is 86.1 Å². The molecule has 0 aliphatic carbocycles. The lowest BCUT2D eigenvalue weighted by Crippen LogP contribution is -2.40. The third kappa shape index (κ3) is 4.58. The van der Waals surface area contributed by atoms with Crippen LogP contribution in [0.15, 0.2) is 0 Å². The monoisotopic (exact) mass is 202 g/mol. The fourth-order valence-corrected chi connectivity index (χ4v) is 1.06. The van der Waals surface area contributed by atoms with Crippen LogP contribution in [0.4, 0.5) is 0 Å². The van der Waals surface area contributed by atoms with Gasteiger partial charge in [0.25, 0.3) is 0 Å². The topological polar surface area (TPSA) is 66.6 Å². The third-order valence-corrected chi connectivity index (χ3v) is 2.44. The zero-order valence-corrected chi connectivity index (χ0v) is 9.53. The molecule has 0 aromatic rings. The van der Waals surface area contributed by atoms with Gasteiger partial charge in [-0.05, 0) is 20.3 Å². The lowest BCUT2D eigenvalue weighted by molar-refractivity contribution is -0.134. The van der Waals surface area contributed by atoms with Crippen LogP contribution in [0.1, 0.15) is 27.2 Å². The summed E-state index contributed by atoms with van der Waals surface area (Å²) in [5.74, 6) is -0.116. The Balaban J connectivity index is 3.99. The van der Waals surface area contributed by atoms with E-state index in [1.807, 2.05) is 13.8 Å². The fraction of sp³-hybridized carbons (Fsp3) is 0.900. The standard InChI is InChI=1S/C10H22N2O2/c1-7(13)5-6-12(4)10(14)8(2)9(3)11/h7-9,13H,5-6,11H2,1-4H3. The Hall–Kier alpha value is -0.610. The number of aliphatic hydroxyl groups is 1. The van der Waals surface area contributed by atoms with Crippen LogP contribution in [0.2, 0.25) is 0 Å². The first-order chi connectivity index (χ1) is 6.36. The summed E-state index contributed by atoms with van der Waals surface area (Å²) in [6.07, 6.45) is 0.240. The number of nitrogens with zero attached hydrogens (tertiary/aromatic N) is 1. The summed E-state index contributed by atoms with van der Waals surface area (Å²) in [5.41, 5.74) is 5.63. The molecule has 0 bridgehead atoms. The molecule has 0 aliphatic heterocycles. The third-order valence-electron chi connectivity index (χ3n) is 2.44. The van der Waals surface area contributed by atoms with Crippen molar-refractivity contribution < 1.29 is 9.90 Å². The van der Waals surface area contributed by atoms with Gasteiger partial charge in [0.2, 0.25) is 5.91 Å². The van der Waals surface area contributed by atoms with E-state index in [0.717, 1.165) is 0 Å². The lowest BCUT2D eigenvalue weighted by atomic mass is 10.0. The minimum Gasteiger partial charge on any atom is -0.393 e. The molecule has 0 saturated heterocycles. The number of aliphatic hydroxyl groups excluding tert-OH is 1. The molecule has 3 atom stereocenters. The van der Waals surface area contributed by atoms with Gasteiger partial charge in [-0.2, -0.15) is 0 Å². The molecule has 0 rings (SSSR count). The number of hydrogen-bond acceptors (Lipinski definition) is 3. The van der Waals surface area contributed by atoms with Crippen LogP contribution in [-0.4, -0.2) is 41.7 Å². The SMILES string of the molecule is CC(O)CCN(C)C(=O)C(C)C(C)N. The first kappa shape index (κ1) is 13.4. The summed E-state index contributed by atoms with van der Waals surface area (Å²) >= 11 is 0. The van der Waals surface area contributed by atoms with Crippen LogP contribution in [-0.2, 0) is 4.79 Å². The average molecular weight is 202 g/mol. The van der Waals surface area contributed by atoms with E-state index in [1.54, 1.807) is 18.9 Å². The van der Waals surface area contributed by atoms with Gasteiger partial charge in [0.15, 0.2) is 0 Å². The van der Waals surface area contributed by atoms with Gasteiger partial charge in [-0.25, -0.2) is 0 Å². The number of carbonyl (C=O) groups is 1. The maximum Gasteiger partial charge on any atom is 0.226 e. The minimum absolute atomic E-state index is 0.0423. The van der Waals surface area contributed by atoms with E-state index in [9.17, 15) is 4.79 Å². The van der Waals surface area contributed by atoms with Gasteiger partial charge in [0.1, 0.15) is 0 Å². The predicted molar refractivity (Wildman–Crippen MR) is 56.7 cm³/mol. The highest BCUT2D eigenvalue weighted by Crippen LogP contribution is 2.05. The van der Waals surface area contributed by atoms with Crippen molar-refractivity contribution in [1.82, 2.24) is 4.90 Å². The van der Waals surface area contributed by atoms with Gasteiger partial charge in [-0.15, -0.1) is 0 Å². The Morgan fingerprint density at radius 2 is 1.93 bits per heavy atom. The maximum atomic E-state index is 11.7. The van der Waals surface area contributed by atoms with E-state index in [1.165, 1.54) is 0 Å². The summed E-state index contributed by atoms with van der Waals surface area (Å²) in [6, 6.07) is -0.128. The fourth-order valence-electron chi connectivity index (χ4n) is 1.06. The van der Waals surface area contributed by atoms with Crippen LogP contribution >= 0.6 is 0 Å². The molecule has 0 aliphatic rings. The molecule has 4 heteroatoms. The number of nitrogens with two attached hydrogens (primary N) is 1. The molecule has 14 heavy (non-hydrogen) atoms. The summed E-state index contributed by atoms with van der Waals surface area (Å²) < 4.78 is 0. The zero-order valence-electron chi connectivity index (χ0n) is 9.53. The highest BCUT2D eigenvalue weighted by atomic mass is 16.3. The van der Waals surface area contributed by atoms with E-state index < -0.39 is 0 Å². The first-order valence-corrected chi connectivity index (χ1v) is 5.05. The molecule has 3 unspecified atom stereocenters. The molecule has 0 fully saturated rings. The van der Waals surface area contributed by atoms with E-state index in [4.69, 9.17) is 10.8 Å². The Bertz CT molecular complexity index is 181. The van der Waals surface area contributed by atoms with Crippen molar-refractivity contribution in [1.29, 1.82) is 0 Å². The second kappa shape index (κ2) is 5.98. The van der Waals surface area contributed by atoms with Crippen molar-refractivity contribution in [3.63, 3.8) is 0 Å². The van der Waals surface area contributed by atoms with Crippen LogP contribution in [0.25, 0.3) is 0 Å². The Kier molecular flexibility index (Phi) is 5.72. The highest BCUT2D eigenvalue weighted by molar-refractivity contribution is 5.78. The van der Waals surface area contributed by atoms with Crippen LogP contribution in [0.3, 0.4) is 0 Å². The predicted octanol–water partition coefficient (Wildman–Crippen LogP) is 0.199. The summed E-state index contributed by atoms with van der Waals surface area (Å²) in [4.78, 5) is 13.3. The molecule has 3 N–H and O–H groups in total. The molecule has 1 amide bonds. The highest BCUT2D eigenvalue weighted by Gasteiger charge is 2.20. The minimum atomic E-state index is -0.365. The molecule has 4 nitrogen and oxygen atoms in total. The van der Waals surface area contributed by atoms with Crippen molar-refractivity contribution in [2.24, 2.45) is 11.7 Å². The van der Waals surface area contributed by atoms with Gasteiger partial charge >= 0.3 is 0 Å². The summed E-state index contributed by atoms with van der Waals surface area (Å²) in [6.45, 7) is 5.94. The summed E-state index contributed by atoms with van der Waals surface area (Å²) in [7, 11) is 1.74. The van der Waals surface area contributed by atoms with Gasteiger partial charge in [0, 0.05) is 19.6 Å². The first-order valence-electron chi connectivity index (χ1n) is 5.05. The van der Waals surface area contributed by atoms with Crippen molar-refractivity contribution >= 4 is 5.91 Å². The second-order valence-electron chi connectivity index (χ2n) is 4.05. The van der Waals surface area contributed by atoms with E-state index in [-0.39, 0.29) is 24.0 Å². The van der Waals surface area contributed by atoms with Gasteiger partial charge < -0.3 is 15.7 Å². The van der Waals surface area contributed by atoms with Crippen molar-refractivity contribution in [2.45, 2.75) is 39.3 Å². The second-order valence-corrected chi connectivity index (χ2v) is 4.05. The summed E-state index contributed by atoms with van der Waals surface area (Å²) in [5, 5.41) is 9.07. The number of amides is 1. The molecule has 0 saturated carbocycles. The maximum absolute atomic E-state index is 11.7. The molecule has 0 aromatic heterocycles. The van der Waals surface area contributed by atoms with Gasteiger partial charge in [-0.3, -0.25) is 4.79 Å². The molecule has 0 aromatic carbocycles. The quantitative estimate of drug-likeness (QED) is 0.669. The van der Waals surface area contributed by atoms with Crippen LogP contribution in [0, 0.1) is 5.92 Å².